The number of hydrogen-bond donors (Lipinski definition) is 1. The van der Waals surface area contributed by atoms with Crippen molar-refractivity contribution in [3.05, 3.63) is 70.5 Å². The molecule has 2 aliphatic rings. The van der Waals surface area contributed by atoms with Crippen molar-refractivity contribution in [2.75, 3.05) is 31.8 Å². The van der Waals surface area contributed by atoms with Crippen LogP contribution in [0.2, 0.25) is 0 Å². The Kier molecular flexibility index (Phi) is 7.63. The third-order valence-corrected chi connectivity index (χ3v) is 8.19. The third-order valence-electron chi connectivity index (χ3n) is 7.16. The van der Waals surface area contributed by atoms with E-state index in [0.29, 0.717) is 29.4 Å². The second-order valence-corrected chi connectivity index (χ2v) is 12.6. The smallest absolute Gasteiger partial charge is 0.304 e. The Morgan fingerprint density at radius 3 is 2.60 bits per heavy atom. The van der Waals surface area contributed by atoms with E-state index >= 15 is 4.39 Å². The number of aryl methyl sites for hydroxylation is 1. The number of rotatable bonds is 9. The number of carboxylic acids is 1. The molecule has 2 aliphatic heterocycles. The van der Waals surface area contributed by atoms with Gasteiger partial charge in [-0.15, -0.1) is 0 Å². The van der Waals surface area contributed by atoms with Crippen molar-refractivity contribution < 1.29 is 41.7 Å². The van der Waals surface area contributed by atoms with E-state index in [9.17, 15) is 18.3 Å². The Labute approximate surface area is 232 Å². The molecule has 2 atom stereocenters. The van der Waals surface area contributed by atoms with Gasteiger partial charge < -0.3 is 24.1 Å². The Hall–Kier alpha value is -3.79. The molecule has 10 heteroatoms. The summed E-state index contributed by atoms with van der Waals surface area (Å²) < 4.78 is 61.6. The van der Waals surface area contributed by atoms with Crippen LogP contribution in [0.1, 0.15) is 47.1 Å². The Bertz CT molecular complexity index is 1570. The highest BCUT2D eigenvalue weighted by Gasteiger charge is 2.31. The number of aliphatic carboxylic acids is 1. The van der Waals surface area contributed by atoms with Crippen molar-refractivity contribution in [2.45, 2.75) is 38.7 Å². The maximum atomic E-state index is 15.3. The van der Waals surface area contributed by atoms with Gasteiger partial charge in [0.25, 0.3) is 0 Å². The van der Waals surface area contributed by atoms with Gasteiger partial charge in [-0.25, -0.2) is 12.8 Å². The molecule has 0 aromatic heterocycles. The number of carboxylic acid groups (broad SMARTS) is 1. The quantitative estimate of drug-likeness (QED) is 0.342. The number of hydrogen-bond acceptors (Lipinski definition) is 7. The van der Waals surface area contributed by atoms with Crippen LogP contribution in [0.3, 0.4) is 0 Å². The molecule has 0 amide bonds. The van der Waals surface area contributed by atoms with Gasteiger partial charge in [0.15, 0.2) is 29.2 Å². The zero-order chi connectivity index (χ0) is 28.6. The van der Waals surface area contributed by atoms with Crippen LogP contribution < -0.4 is 18.9 Å². The Morgan fingerprint density at radius 1 is 1.07 bits per heavy atom. The van der Waals surface area contributed by atoms with Gasteiger partial charge in [0.1, 0.15) is 22.2 Å². The number of benzene rings is 3. The average molecular weight is 571 g/mol. The first-order valence-electron chi connectivity index (χ1n) is 13.0. The fourth-order valence-electron chi connectivity index (χ4n) is 5.25. The molecule has 0 saturated carbocycles. The van der Waals surface area contributed by atoms with Crippen LogP contribution in [-0.4, -0.2) is 51.3 Å². The van der Waals surface area contributed by atoms with E-state index in [4.69, 9.17) is 18.9 Å². The van der Waals surface area contributed by atoms with Gasteiger partial charge in [0.2, 0.25) is 0 Å². The van der Waals surface area contributed by atoms with Gasteiger partial charge in [0, 0.05) is 23.8 Å². The van der Waals surface area contributed by atoms with E-state index in [1.165, 1.54) is 0 Å². The van der Waals surface area contributed by atoms with Crippen molar-refractivity contribution in [1.29, 1.82) is 0 Å². The molecule has 2 heterocycles. The molecule has 1 N–H and O–H groups in total. The standard InChI is InChI=1S/C30H31FO8S/c1-17-10-26(36-8-5-9-40(3,34)35)30(31)18(2)29(17)20-7-4-6-19(11-20)27-16-38-24-13-22-21(12-28(32)33)15-37-23(22)14-25(24)39-27/h4,6-7,10-11,13-14,21,27H,5,8-9,12,15-16H2,1-3H3,(H,32,33)/t21-,27+/m1/s1. The summed E-state index contributed by atoms with van der Waals surface area (Å²) in [5.41, 5.74) is 4.48. The lowest BCUT2D eigenvalue weighted by molar-refractivity contribution is -0.137. The molecule has 0 bridgehead atoms. The minimum atomic E-state index is -3.11. The van der Waals surface area contributed by atoms with Crippen molar-refractivity contribution >= 4 is 15.8 Å². The van der Waals surface area contributed by atoms with Gasteiger partial charge in [-0.1, -0.05) is 18.2 Å². The van der Waals surface area contributed by atoms with Gasteiger partial charge in [0.05, 0.1) is 25.4 Å². The normalized spacial score (nSPS) is 17.7. The van der Waals surface area contributed by atoms with Crippen LogP contribution in [0.4, 0.5) is 4.39 Å². The minimum Gasteiger partial charge on any atom is -0.492 e. The summed E-state index contributed by atoms with van der Waals surface area (Å²) in [5.74, 6) is 0.162. The minimum absolute atomic E-state index is 0.0161. The van der Waals surface area contributed by atoms with E-state index in [-0.39, 0.29) is 43.5 Å². The SMILES string of the molecule is Cc1cc(OCCCS(C)(=O)=O)c(F)c(C)c1-c1cccc([C@@H]2COc3cc4c(cc3O2)OC[C@H]4CC(=O)O)c1. The first-order valence-corrected chi connectivity index (χ1v) is 15.1. The molecule has 212 valence electrons. The molecule has 0 radical (unpaired) electrons. The van der Waals surface area contributed by atoms with Crippen LogP contribution in [-0.2, 0) is 14.6 Å². The van der Waals surface area contributed by atoms with Crippen LogP contribution >= 0.6 is 0 Å². The van der Waals surface area contributed by atoms with Gasteiger partial charge in [-0.2, -0.15) is 0 Å². The second kappa shape index (κ2) is 11.0. The summed E-state index contributed by atoms with van der Waals surface area (Å²) in [4.78, 5) is 11.2. The number of halogens is 1. The zero-order valence-electron chi connectivity index (χ0n) is 22.5. The van der Waals surface area contributed by atoms with Crippen LogP contribution in [0.5, 0.6) is 23.0 Å². The van der Waals surface area contributed by atoms with Crippen molar-refractivity contribution in [1.82, 2.24) is 0 Å². The highest BCUT2D eigenvalue weighted by molar-refractivity contribution is 7.90. The lowest BCUT2D eigenvalue weighted by Crippen LogP contribution is -2.21. The summed E-state index contributed by atoms with van der Waals surface area (Å²) in [6, 6.07) is 12.9. The highest BCUT2D eigenvalue weighted by atomic mass is 32.2. The maximum Gasteiger partial charge on any atom is 0.304 e. The number of carbonyl (C=O) groups is 1. The molecule has 8 nitrogen and oxygen atoms in total. The van der Waals surface area contributed by atoms with Gasteiger partial charge in [-0.05, 0) is 66.3 Å². The summed E-state index contributed by atoms with van der Waals surface area (Å²) in [6.45, 7) is 4.24. The van der Waals surface area contributed by atoms with E-state index in [1.54, 1.807) is 25.1 Å². The van der Waals surface area contributed by atoms with E-state index in [2.05, 4.69) is 0 Å². The molecule has 0 spiro atoms. The summed E-state index contributed by atoms with van der Waals surface area (Å²) in [5, 5.41) is 9.18. The molecule has 0 saturated heterocycles. The van der Waals surface area contributed by atoms with Crippen LogP contribution in [0.25, 0.3) is 11.1 Å². The van der Waals surface area contributed by atoms with Gasteiger partial charge >= 0.3 is 5.97 Å². The number of fused-ring (bicyclic) bond motifs is 2. The van der Waals surface area contributed by atoms with Crippen molar-refractivity contribution in [2.24, 2.45) is 0 Å². The van der Waals surface area contributed by atoms with Crippen molar-refractivity contribution in [3.63, 3.8) is 0 Å². The molecule has 5 rings (SSSR count). The molecule has 0 unspecified atom stereocenters. The maximum absolute atomic E-state index is 15.3. The lowest BCUT2D eigenvalue weighted by atomic mass is 9.93. The third kappa shape index (κ3) is 5.86. The first-order chi connectivity index (χ1) is 19.0. The van der Waals surface area contributed by atoms with Crippen LogP contribution in [0, 0.1) is 19.7 Å². The summed E-state index contributed by atoms with van der Waals surface area (Å²) in [6.07, 6.45) is 1.01. The topological polar surface area (TPSA) is 108 Å². The predicted octanol–water partition coefficient (Wildman–Crippen LogP) is 5.39. The zero-order valence-corrected chi connectivity index (χ0v) is 23.3. The van der Waals surface area contributed by atoms with E-state index < -0.39 is 27.7 Å². The van der Waals surface area contributed by atoms with E-state index in [0.717, 1.165) is 34.1 Å². The fraction of sp³-hybridized carbons (Fsp3) is 0.367. The molecule has 3 aromatic rings. The first kappa shape index (κ1) is 27.8. The van der Waals surface area contributed by atoms with E-state index in [1.807, 2.05) is 31.2 Å². The highest BCUT2D eigenvalue weighted by Crippen LogP contribution is 2.46. The van der Waals surface area contributed by atoms with Gasteiger partial charge in [-0.3, -0.25) is 4.79 Å². The number of sulfone groups is 1. The molecular formula is C30H31FO8S. The number of ether oxygens (including phenoxy) is 4. The fourth-order valence-corrected chi connectivity index (χ4v) is 5.89. The molecule has 3 aromatic carbocycles. The predicted molar refractivity (Wildman–Crippen MR) is 147 cm³/mol. The molecule has 40 heavy (non-hydrogen) atoms. The monoisotopic (exact) mass is 570 g/mol. The molecule has 0 fully saturated rings. The lowest BCUT2D eigenvalue weighted by Gasteiger charge is -2.28. The average Bonchev–Trinajstić information content (AvgIpc) is 3.28. The van der Waals surface area contributed by atoms with Crippen LogP contribution in [0.15, 0.2) is 42.5 Å². The Balaban J connectivity index is 1.35. The Morgan fingerprint density at radius 2 is 1.85 bits per heavy atom. The summed E-state index contributed by atoms with van der Waals surface area (Å²) >= 11 is 0. The largest absolute Gasteiger partial charge is 0.492 e. The molecule has 0 aliphatic carbocycles. The summed E-state index contributed by atoms with van der Waals surface area (Å²) in [7, 11) is -3.11. The second-order valence-electron chi connectivity index (χ2n) is 10.3. The molecular weight excluding hydrogens is 539 g/mol. The van der Waals surface area contributed by atoms with Crippen molar-refractivity contribution in [3.8, 4) is 34.1 Å².